The Bertz CT molecular complexity index is 886. The van der Waals surface area contributed by atoms with Gasteiger partial charge in [0.2, 0.25) is 0 Å². The minimum atomic E-state index is -0.441. The molecule has 0 radical (unpaired) electrons. The van der Waals surface area contributed by atoms with Gasteiger partial charge in [-0.15, -0.1) is 10.2 Å². The molecule has 1 aromatic carbocycles. The van der Waals surface area contributed by atoms with Gasteiger partial charge in [-0.2, -0.15) is 10.2 Å². The van der Waals surface area contributed by atoms with Crippen LogP contribution in [0.5, 0.6) is 0 Å². The Kier molecular flexibility index (Phi) is 5.21. The lowest BCUT2D eigenvalue weighted by molar-refractivity contribution is -0.185. The molecule has 1 saturated heterocycles. The van der Waals surface area contributed by atoms with Crippen LogP contribution in [0, 0.1) is 0 Å². The third-order valence-corrected chi connectivity index (χ3v) is 5.30. The van der Waals surface area contributed by atoms with Crippen LogP contribution < -0.4 is 10.7 Å². The van der Waals surface area contributed by atoms with E-state index in [1.165, 1.54) is 0 Å². The fraction of sp³-hybridized carbons (Fsp3) is 0.400. The number of nitrogens with one attached hydrogen (secondary N) is 2. The van der Waals surface area contributed by atoms with Gasteiger partial charge in [-0.25, -0.2) is 4.79 Å². The molecule has 8 heteroatoms. The minimum Gasteiger partial charge on any atom is -0.350 e. The smallest absolute Gasteiger partial charge is 0.350 e. The van der Waals surface area contributed by atoms with Gasteiger partial charge in [-0.1, -0.05) is 30.3 Å². The number of carbonyl (C=O) groups is 1. The Hall–Kier alpha value is -3.00. The molecule has 2 unspecified atom stereocenters. The number of hydroxylamine groups is 2. The molecule has 2 N–H and O–H groups in total. The number of hydrogen-bond donors (Lipinski definition) is 2. The predicted octanol–water partition coefficient (Wildman–Crippen LogP) is 3.04. The van der Waals surface area contributed by atoms with Gasteiger partial charge in [0.25, 0.3) is 0 Å². The van der Waals surface area contributed by atoms with E-state index in [4.69, 9.17) is 4.84 Å². The van der Waals surface area contributed by atoms with Crippen LogP contribution in [-0.4, -0.2) is 40.2 Å². The number of amides is 1. The minimum absolute atomic E-state index is 0.00458. The van der Waals surface area contributed by atoms with Crippen LogP contribution >= 0.6 is 0 Å². The van der Waals surface area contributed by atoms with Crippen LogP contribution in [0.25, 0.3) is 0 Å². The van der Waals surface area contributed by atoms with Gasteiger partial charge in [0.15, 0.2) is 5.82 Å². The maximum Gasteiger partial charge on any atom is 0.426 e. The van der Waals surface area contributed by atoms with E-state index >= 15 is 0 Å². The molecule has 4 rings (SSSR count). The van der Waals surface area contributed by atoms with Crippen molar-refractivity contribution in [3.63, 3.8) is 0 Å². The second kappa shape index (κ2) is 7.93. The van der Waals surface area contributed by atoms with Gasteiger partial charge in [0, 0.05) is 13.5 Å². The zero-order valence-corrected chi connectivity index (χ0v) is 16.1. The van der Waals surface area contributed by atoms with Crippen LogP contribution in [0.4, 0.5) is 10.6 Å². The van der Waals surface area contributed by atoms with Gasteiger partial charge < -0.3 is 10.2 Å². The number of aromatic nitrogens is 2. The first-order valence-electron chi connectivity index (χ1n) is 9.56. The highest BCUT2D eigenvalue weighted by molar-refractivity contribution is 5.98. The molecule has 1 fully saturated rings. The summed E-state index contributed by atoms with van der Waals surface area (Å²) in [6, 6.07) is 12.1. The maximum absolute atomic E-state index is 11.8. The molecule has 28 heavy (non-hydrogen) atoms. The second-order valence-electron chi connectivity index (χ2n) is 7.10. The van der Waals surface area contributed by atoms with Crippen molar-refractivity contribution in [2.24, 2.45) is 5.10 Å². The van der Waals surface area contributed by atoms with Crippen molar-refractivity contribution < 1.29 is 9.63 Å². The molecule has 2 aliphatic rings. The summed E-state index contributed by atoms with van der Waals surface area (Å²) >= 11 is 0. The third-order valence-electron chi connectivity index (χ3n) is 5.30. The SMILES string of the molecule is CNC(=O)ON1C2CCCC1c1cc(NN=C(C)c3ccccc3)nnc1C2. The number of anilines is 1. The van der Waals surface area contributed by atoms with Gasteiger partial charge in [-0.3, -0.25) is 5.43 Å². The number of hydrogen-bond acceptors (Lipinski definition) is 7. The molecular weight excluding hydrogens is 356 g/mol. The first-order chi connectivity index (χ1) is 13.7. The highest BCUT2D eigenvalue weighted by Gasteiger charge is 2.41. The largest absolute Gasteiger partial charge is 0.426 e. The van der Waals surface area contributed by atoms with Crippen LogP contribution in [0.15, 0.2) is 41.5 Å². The molecule has 0 aliphatic carbocycles. The third kappa shape index (κ3) is 3.68. The van der Waals surface area contributed by atoms with Crippen LogP contribution in [0.1, 0.15) is 49.0 Å². The van der Waals surface area contributed by atoms with E-state index < -0.39 is 6.09 Å². The average Bonchev–Trinajstić information content (AvgIpc) is 2.73. The molecule has 1 aromatic heterocycles. The van der Waals surface area contributed by atoms with Crippen molar-refractivity contribution in [1.29, 1.82) is 0 Å². The molecule has 8 nitrogen and oxygen atoms in total. The Morgan fingerprint density at radius 2 is 2.07 bits per heavy atom. The summed E-state index contributed by atoms with van der Waals surface area (Å²) in [5, 5.41) is 17.5. The second-order valence-corrected chi connectivity index (χ2v) is 7.10. The van der Waals surface area contributed by atoms with Gasteiger partial charge in [0.1, 0.15) is 0 Å². The molecule has 2 aliphatic heterocycles. The molecule has 146 valence electrons. The first-order valence-corrected chi connectivity index (χ1v) is 9.56. The molecule has 2 aromatic rings. The van der Waals surface area contributed by atoms with Gasteiger partial charge in [0.05, 0.1) is 23.5 Å². The zero-order valence-electron chi connectivity index (χ0n) is 16.1. The molecule has 0 saturated carbocycles. The summed E-state index contributed by atoms with van der Waals surface area (Å²) in [5.41, 5.74) is 6.93. The average molecular weight is 380 g/mol. The Morgan fingerprint density at radius 3 is 2.86 bits per heavy atom. The number of rotatable bonds is 4. The van der Waals surface area contributed by atoms with Gasteiger partial charge >= 0.3 is 6.09 Å². The summed E-state index contributed by atoms with van der Waals surface area (Å²) in [6.07, 6.45) is 3.28. The topological polar surface area (TPSA) is 91.7 Å². The van der Waals surface area contributed by atoms with Crippen molar-refractivity contribution in [2.45, 2.75) is 44.7 Å². The monoisotopic (exact) mass is 380 g/mol. The highest BCUT2D eigenvalue weighted by atomic mass is 16.7. The van der Waals surface area contributed by atoms with E-state index in [0.717, 1.165) is 48.2 Å². The standard InChI is InChI=1S/C20H24N6O2/c1-13(14-7-4-3-5-8-14)22-24-19-12-16-17(23-25-19)11-15-9-6-10-18(16)26(15)28-20(27)21-2/h3-5,7-8,12,15,18H,6,9-11H2,1-2H3,(H,21,27)(H,24,25). The van der Waals surface area contributed by atoms with Crippen molar-refractivity contribution in [3.05, 3.63) is 53.2 Å². The van der Waals surface area contributed by atoms with E-state index in [9.17, 15) is 4.79 Å². The lowest BCUT2D eigenvalue weighted by Crippen LogP contribution is -2.49. The quantitative estimate of drug-likeness (QED) is 0.626. The number of nitrogens with zero attached hydrogens (tertiary/aromatic N) is 4. The Labute approximate surface area is 163 Å². The molecule has 2 atom stereocenters. The summed E-state index contributed by atoms with van der Waals surface area (Å²) in [5.74, 6) is 0.581. The summed E-state index contributed by atoms with van der Waals surface area (Å²) in [4.78, 5) is 17.3. The summed E-state index contributed by atoms with van der Waals surface area (Å²) in [6.45, 7) is 1.94. The fourth-order valence-electron chi connectivity index (χ4n) is 3.86. The van der Waals surface area contributed by atoms with Crippen molar-refractivity contribution in [3.8, 4) is 0 Å². The van der Waals surface area contributed by atoms with Crippen LogP contribution in [0.3, 0.4) is 0 Å². The Morgan fingerprint density at radius 1 is 1.25 bits per heavy atom. The number of hydrazone groups is 1. The van der Waals surface area contributed by atoms with Crippen LogP contribution in [-0.2, 0) is 11.3 Å². The van der Waals surface area contributed by atoms with Crippen molar-refractivity contribution in [2.75, 3.05) is 12.5 Å². The number of fused-ring (bicyclic) bond motifs is 4. The molecule has 3 heterocycles. The number of benzene rings is 1. The maximum atomic E-state index is 11.8. The molecule has 1 amide bonds. The van der Waals surface area contributed by atoms with Crippen LogP contribution in [0.2, 0.25) is 0 Å². The Balaban J connectivity index is 1.56. The van der Waals surface area contributed by atoms with E-state index in [1.54, 1.807) is 7.05 Å². The number of piperidine rings is 1. The lowest BCUT2D eigenvalue weighted by Gasteiger charge is -2.43. The molecule has 0 spiro atoms. The summed E-state index contributed by atoms with van der Waals surface area (Å²) in [7, 11) is 1.57. The van der Waals surface area contributed by atoms with Gasteiger partial charge in [-0.05, 0) is 43.4 Å². The molecule has 2 bridgehead atoms. The zero-order chi connectivity index (χ0) is 19.5. The van der Waals surface area contributed by atoms with E-state index in [2.05, 4.69) is 26.0 Å². The van der Waals surface area contributed by atoms with E-state index in [1.807, 2.05) is 48.4 Å². The van der Waals surface area contributed by atoms with Crippen molar-refractivity contribution >= 4 is 17.6 Å². The summed E-state index contributed by atoms with van der Waals surface area (Å²) < 4.78 is 0. The normalized spacial score (nSPS) is 21.6. The van der Waals surface area contributed by atoms with E-state index in [0.29, 0.717) is 5.82 Å². The molecular formula is C20H24N6O2. The lowest BCUT2D eigenvalue weighted by atomic mass is 9.84. The fourth-order valence-corrected chi connectivity index (χ4v) is 3.86. The predicted molar refractivity (Wildman–Crippen MR) is 106 cm³/mol. The van der Waals surface area contributed by atoms with Crippen molar-refractivity contribution in [1.82, 2.24) is 20.6 Å². The number of carbonyl (C=O) groups excluding carboxylic acids is 1. The van der Waals surface area contributed by atoms with E-state index in [-0.39, 0.29) is 12.1 Å². The highest BCUT2D eigenvalue weighted by Crippen LogP contribution is 2.41. The first kappa shape index (κ1) is 18.4.